The molecule has 0 aliphatic rings. The molecule has 0 unspecified atom stereocenters. The Hall–Kier alpha value is -2.07. The minimum atomic E-state index is -0.407. The van der Waals surface area contributed by atoms with Crippen molar-refractivity contribution in [3.8, 4) is 5.75 Å². The Kier molecular flexibility index (Phi) is 4.36. The van der Waals surface area contributed by atoms with Gasteiger partial charge in [-0.1, -0.05) is 17.7 Å². The van der Waals surface area contributed by atoms with E-state index < -0.39 is 5.82 Å². The summed E-state index contributed by atoms with van der Waals surface area (Å²) in [5.41, 5.74) is 0.622. The second-order valence-electron chi connectivity index (χ2n) is 3.80. The molecule has 0 saturated heterocycles. The van der Waals surface area contributed by atoms with Gasteiger partial charge in [0, 0.05) is 16.8 Å². The zero-order valence-electron chi connectivity index (χ0n) is 9.90. The second kappa shape index (κ2) is 6.20. The number of halogens is 2. The van der Waals surface area contributed by atoms with E-state index in [0.29, 0.717) is 16.5 Å². The van der Waals surface area contributed by atoms with E-state index in [1.807, 2.05) is 0 Å². The monoisotopic (exact) mass is 279 g/mol. The van der Waals surface area contributed by atoms with Gasteiger partial charge in [0.1, 0.15) is 11.6 Å². The highest BCUT2D eigenvalue weighted by atomic mass is 35.5. The van der Waals surface area contributed by atoms with Crippen LogP contribution in [0, 0.1) is 5.82 Å². The van der Waals surface area contributed by atoms with E-state index >= 15 is 0 Å². The molecular weight excluding hydrogens is 269 g/mol. The Morgan fingerprint density at radius 3 is 2.63 bits per heavy atom. The number of hydrogen-bond donors (Lipinski definition) is 1. The predicted molar refractivity (Wildman–Crippen MR) is 72.0 cm³/mol. The van der Waals surface area contributed by atoms with Crippen LogP contribution in [-0.2, 0) is 4.79 Å². The van der Waals surface area contributed by atoms with E-state index in [2.05, 4.69) is 5.32 Å². The van der Waals surface area contributed by atoms with Gasteiger partial charge >= 0.3 is 0 Å². The lowest BCUT2D eigenvalue weighted by atomic mass is 10.3. The highest BCUT2D eigenvalue weighted by Crippen LogP contribution is 2.14. The van der Waals surface area contributed by atoms with Gasteiger partial charge in [-0.2, -0.15) is 0 Å². The summed E-state index contributed by atoms with van der Waals surface area (Å²) in [4.78, 5) is 11.6. The molecule has 19 heavy (non-hydrogen) atoms. The van der Waals surface area contributed by atoms with Gasteiger partial charge in [-0.25, -0.2) is 4.39 Å². The first-order valence-electron chi connectivity index (χ1n) is 5.57. The average molecular weight is 280 g/mol. The molecule has 0 fully saturated rings. The first kappa shape index (κ1) is 13.4. The summed E-state index contributed by atoms with van der Waals surface area (Å²) in [6.45, 7) is -0.188. The maximum Gasteiger partial charge on any atom is 0.262 e. The number of rotatable bonds is 4. The number of carbonyl (C=O) groups is 1. The SMILES string of the molecule is O=C(COc1cccc(F)c1)Nc1ccc(Cl)cc1. The zero-order chi connectivity index (χ0) is 13.7. The summed E-state index contributed by atoms with van der Waals surface area (Å²) in [6, 6.07) is 12.3. The molecule has 0 radical (unpaired) electrons. The van der Waals surface area contributed by atoms with Crippen molar-refractivity contribution in [2.24, 2.45) is 0 Å². The molecule has 0 atom stereocenters. The lowest BCUT2D eigenvalue weighted by Crippen LogP contribution is -2.20. The van der Waals surface area contributed by atoms with E-state index in [1.165, 1.54) is 18.2 Å². The van der Waals surface area contributed by atoms with E-state index in [-0.39, 0.29) is 12.5 Å². The van der Waals surface area contributed by atoms with Crippen LogP contribution in [0.2, 0.25) is 5.02 Å². The average Bonchev–Trinajstić information content (AvgIpc) is 2.39. The van der Waals surface area contributed by atoms with Gasteiger partial charge < -0.3 is 10.1 Å². The number of ether oxygens (including phenoxy) is 1. The van der Waals surface area contributed by atoms with Crippen LogP contribution in [-0.4, -0.2) is 12.5 Å². The Bertz CT molecular complexity index is 572. The number of amides is 1. The topological polar surface area (TPSA) is 38.3 Å². The van der Waals surface area contributed by atoms with Gasteiger partial charge in [-0.3, -0.25) is 4.79 Å². The van der Waals surface area contributed by atoms with Crippen molar-refractivity contribution >= 4 is 23.2 Å². The molecule has 5 heteroatoms. The first-order valence-corrected chi connectivity index (χ1v) is 5.95. The fraction of sp³-hybridized carbons (Fsp3) is 0.0714. The van der Waals surface area contributed by atoms with Crippen LogP contribution in [0.5, 0.6) is 5.75 Å². The Morgan fingerprint density at radius 2 is 1.95 bits per heavy atom. The van der Waals surface area contributed by atoms with Crippen LogP contribution in [0.4, 0.5) is 10.1 Å². The maximum atomic E-state index is 12.9. The standard InChI is InChI=1S/C14H11ClFNO2/c15-10-4-6-12(7-5-10)17-14(18)9-19-13-3-1-2-11(16)8-13/h1-8H,9H2,(H,17,18). The van der Waals surface area contributed by atoms with Crippen molar-refractivity contribution in [1.82, 2.24) is 0 Å². The van der Waals surface area contributed by atoms with Gasteiger partial charge in [-0.15, -0.1) is 0 Å². The van der Waals surface area contributed by atoms with Crippen molar-refractivity contribution < 1.29 is 13.9 Å². The number of carbonyl (C=O) groups excluding carboxylic acids is 1. The van der Waals surface area contributed by atoms with Gasteiger partial charge in [0.2, 0.25) is 0 Å². The largest absolute Gasteiger partial charge is 0.484 e. The van der Waals surface area contributed by atoms with Gasteiger partial charge in [0.05, 0.1) is 0 Å². The van der Waals surface area contributed by atoms with Crippen molar-refractivity contribution in [2.75, 3.05) is 11.9 Å². The zero-order valence-corrected chi connectivity index (χ0v) is 10.7. The first-order chi connectivity index (χ1) is 9.13. The summed E-state index contributed by atoms with van der Waals surface area (Å²) in [7, 11) is 0. The Balaban J connectivity index is 1.86. The molecule has 1 amide bonds. The molecule has 2 aromatic rings. The molecule has 3 nitrogen and oxygen atoms in total. The lowest BCUT2D eigenvalue weighted by Gasteiger charge is -2.07. The fourth-order valence-corrected chi connectivity index (χ4v) is 1.56. The second-order valence-corrected chi connectivity index (χ2v) is 4.24. The van der Waals surface area contributed by atoms with E-state index in [9.17, 15) is 9.18 Å². The van der Waals surface area contributed by atoms with Crippen LogP contribution < -0.4 is 10.1 Å². The number of nitrogens with one attached hydrogen (secondary N) is 1. The molecule has 2 aromatic carbocycles. The Morgan fingerprint density at radius 1 is 1.21 bits per heavy atom. The summed E-state index contributed by atoms with van der Waals surface area (Å²) < 4.78 is 18.0. The van der Waals surface area contributed by atoms with Crippen LogP contribution in [0.25, 0.3) is 0 Å². The molecule has 0 aliphatic carbocycles. The molecule has 0 aliphatic heterocycles. The normalized spacial score (nSPS) is 10.0. The summed E-state index contributed by atoms with van der Waals surface area (Å²) >= 11 is 5.73. The molecule has 2 rings (SSSR count). The smallest absolute Gasteiger partial charge is 0.262 e. The van der Waals surface area contributed by atoms with E-state index in [4.69, 9.17) is 16.3 Å². The van der Waals surface area contributed by atoms with Crippen LogP contribution in [0.1, 0.15) is 0 Å². The highest BCUT2D eigenvalue weighted by molar-refractivity contribution is 6.30. The minimum absolute atomic E-state index is 0.188. The van der Waals surface area contributed by atoms with Crippen molar-refractivity contribution in [2.45, 2.75) is 0 Å². The number of hydrogen-bond acceptors (Lipinski definition) is 2. The minimum Gasteiger partial charge on any atom is -0.484 e. The van der Waals surface area contributed by atoms with Crippen LogP contribution in [0.15, 0.2) is 48.5 Å². The van der Waals surface area contributed by atoms with E-state index in [0.717, 1.165) is 0 Å². The molecule has 0 saturated carbocycles. The third kappa shape index (κ3) is 4.26. The molecule has 1 N–H and O–H groups in total. The van der Waals surface area contributed by atoms with E-state index in [1.54, 1.807) is 30.3 Å². The predicted octanol–water partition coefficient (Wildman–Crippen LogP) is 3.50. The van der Waals surface area contributed by atoms with Gasteiger partial charge in [-0.05, 0) is 36.4 Å². The summed E-state index contributed by atoms with van der Waals surface area (Å²) in [6.07, 6.45) is 0. The number of anilines is 1. The van der Waals surface area contributed by atoms with Crippen molar-refractivity contribution in [1.29, 1.82) is 0 Å². The summed E-state index contributed by atoms with van der Waals surface area (Å²) in [5, 5.41) is 3.23. The third-order valence-corrected chi connectivity index (χ3v) is 2.55. The highest BCUT2D eigenvalue weighted by Gasteiger charge is 2.04. The lowest BCUT2D eigenvalue weighted by molar-refractivity contribution is -0.118. The van der Waals surface area contributed by atoms with Crippen LogP contribution >= 0.6 is 11.6 Å². The van der Waals surface area contributed by atoms with Gasteiger partial charge in [0.15, 0.2) is 6.61 Å². The fourth-order valence-electron chi connectivity index (χ4n) is 1.44. The quantitative estimate of drug-likeness (QED) is 0.930. The van der Waals surface area contributed by atoms with Crippen molar-refractivity contribution in [3.63, 3.8) is 0 Å². The molecule has 98 valence electrons. The third-order valence-electron chi connectivity index (χ3n) is 2.29. The maximum absolute atomic E-state index is 12.9. The van der Waals surface area contributed by atoms with Crippen LogP contribution in [0.3, 0.4) is 0 Å². The Labute approximate surface area is 115 Å². The van der Waals surface area contributed by atoms with Crippen molar-refractivity contribution in [3.05, 3.63) is 59.4 Å². The molecule has 0 aromatic heterocycles. The van der Waals surface area contributed by atoms with Gasteiger partial charge in [0.25, 0.3) is 5.91 Å². The number of benzene rings is 2. The molecular formula is C14H11ClFNO2. The molecule has 0 bridgehead atoms. The molecule has 0 heterocycles. The summed E-state index contributed by atoms with van der Waals surface area (Å²) in [5.74, 6) is -0.423. The molecule has 0 spiro atoms.